The molecule has 6 rings (SSSR count). The molecule has 2 atom stereocenters. The Morgan fingerprint density at radius 2 is 1.97 bits per heavy atom. The summed E-state index contributed by atoms with van der Waals surface area (Å²) < 4.78 is 12.9. The molecule has 8 nitrogen and oxygen atoms in total. The zero-order chi connectivity index (χ0) is 26.1. The van der Waals surface area contributed by atoms with Gasteiger partial charge in [-0.1, -0.05) is 41.9 Å². The summed E-state index contributed by atoms with van der Waals surface area (Å²) in [6, 6.07) is 15.1. The van der Waals surface area contributed by atoms with E-state index in [1.54, 1.807) is 0 Å². The Morgan fingerprint density at radius 3 is 2.79 bits per heavy atom. The van der Waals surface area contributed by atoms with Gasteiger partial charge in [0.05, 0.1) is 30.9 Å². The van der Waals surface area contributed by atoms with E-state index in [0.29, 0.717) is 32.0 Å². The molecule has 1 aromatic heterocycles. The number of nitriles is 1. The molecule has 0 aliphatic carbocycles. The predicted molar refractivity (Wildman–Crippen MR) is 148 cm³/mol. The first-order chi connectivity index (χ1) is 18.6. The van der Waals surface area contributed by atoms with Gasteiger partial charge in [0.25, 0.3) is 0 Å². The van der Waals surface area contributed by atoms with Crippen molar-refractivity contribution in [1.82, 2.24) is 20.2 Å². The highest BCUT2D eigenvalue weighted by molar-refractivity contribution is 6.35. The Morgan fingerprint density at radius 1 is 1.16 bits per heavy atom. The minimum absolute atomic E-state index is 0.104. The van der Waals surface area contributed by atoms with E-state index in [0.717, 1.165) is 77.5 Å². The van der Waals surface area contributed by atoms with Crippen LogP contribution in [0.4, 0.5) is 5.82 Å². The third kappa shape index (κ3) is 5.16. The highest BCUT2D eigenvalue weighted by Gasteiger charge is 2.32. The summed E-state index contributed by atoms with van der Waals surface area (Å²) in [5.74, 6) is 0.872. The molecule has 2 saturated heterocycles. The molecule has 2 aromatic carbocycles. The zero-order valence-electron chi connectivity index (χ0n) is 21.7. The van der Waals surface area contributed by atoms with Crippen molar-refractivity contribution < 1.29 is 9.47 Å². The molecule has 38 heavy (non-hydrogen) atoms. The van der Waals surface area contributed by atoms with Crippen LogP contribution < -0.4 is 15.0 Å². The van der Waals surface area contributed by atoms with E-state index in [4.69, 9.17) is 31.0 Å². The fourth-order valence-electron chi connectivity index (χ4n) is 5.85. The molecule has 3 aliphatic rings. The second kappa shape index (κ2) is 11.0. The van der Waals surface area contributed by atoms with E-state index < -0.39 is 0 Å². The van der Waals surface area contributed by atoms with Gasteiger partial charge in [0.1, 0.15) is 11.9 Å². The van der Waals surface area contributed by atoms with Crippen molar-refractivity contribution in [2.45, 2.75) is 50.5 Å². The van der Waals surface area contributed by atoms with E-state index in [9.17, 15) is 5.26 Å². The van der Waals surface area contributed by atoms with Crippen molar-refractivity contribution in [3.8, 4) is 12.1 Å². The zero-order valence-corrected chi connectivity index (χ0v) is 22.5. The number of piperidine rings is 1. The van der Waals surface area contributed by atoms with Crippen molar-refractivity contribution in [3.05, 3.63) is 58.2 Å². The number of rotatable bonds is 5. The van der Waals surface area contributed by atoms with Gasteiger partial charge < -0.3 is 24.6 Å². The van der Waals surface area contributed by atoms with Gasteiger partial charge in [0.15, 0.2) is 0 Å². The summed E-state index contributed by atoms with van der Waals surface area (Å²) in [7, 11) is 2.14. The molecule has 0 amide bonds. The number of likely N-dealkylation sites (tertiary alicyclic amines) is 1. The average molecular weight is 533 g/mol. The number of halogens is 1. The summed E-state index contributed by atoms with van der Waals surface area (Å²) in [5.41, 5.74) is 3.06. The number of aromatic nitrogens is 2. The van der Waals surface area contributed by atoms with Crippen molar-refractivity contribution in [2.24, 2.45) is 0 Å². The lowest BCUT2D eigenvalue weighted by Gasteiger charge is -2.36. The van der Waals surface area contributed by atoms with Crippen LogP contribution in [0.15, 0.2) is 36.4 Å². The Balaban J connectivity index is 1.35. The third-order valence-corrected chi connectivity index (χ3v) is 8.24. The number of hydrogen-bond acceptors (Lipinski definition) is 8. The fourth-order valence-corrected chi connectivity index (χ4v) is 6.14. The summed E-state index contributed by atoms with van der Waals surface area (Å²) in [6.07, 6.45) is 2.95. The van der Waals surface area contributed by atoms with E-state index in [2.05, 4.69) is 52.5 Å². The number of fused-ring (bicyclic) bond motifs is 2. The average Bonchev–Trinajstić information content (AvgIpc) is 2.94. The first-order valence-corrected chi connectivity index (χ1v) is 13.9. The number of nitrogens with zero attached hydrogens (tertiary/aromatic N) is 5. The van der Waals surface area contributed by atoms with Crippen LogP contribution in [0.1, 0.15) is 42.2 Å². The molecule has 2 fully saturated rings. The molecule has 1 N–H and O–H groups in total. The van der Waals surface area contributed by atoms with Gasteiger partial charge >= 0.3 is 6.01 Å². The number of piperazine rings is 1. The van der Waals surface area contributed by atoms with Crippen LogP contribution in [0.5, 0.6) is 6.01 Å². The maximum absolute atomic E-state index is 9.26. The largest absolute Gasteiger partial charge is 0.460 e. The molecule has 0 spiro atoms. The molecule has 9 heteroatoms. The smallest absolute Gasteiger partial charge is 0.318 e. The van der Waals surface area contributed by atoms with Crippen LogP contribution in [0.3, 0.4) is 0 Å². The second-order valence-electron chi connectivity index (χ2n) is 10.5. The van der Waals surface area contributed by atoms with Gasteiger partial charge in [-0.15, -0.1) is 0 Å². The molecule has 3 aromatic rings. The van der Waals surface area contributed by atoms with Gasteiger partial charge in [0.2, 0.25) is 0 Å². The highest BCUT2D eigenvalue weighted by Crippen LogP contribution is 2.39. The third-order valence-electron chi connectivity index (χ3n) is 7.92. The molecule has 198 valence electrons. The minimum Gasteiger partial charge on any atom is -0.460 e. The lowest BCUT2D eigenvalue weighted by molar-refractivity contribution is 0.0261. The Hall–Kier alpha value is -2.96. The predicted octanol–water partition coefficient (Wildman–Crippen LogP) is 4.26. The maximum atomic E-state index is 9.26. The van der Waals surface area contributed by atoms with Crippen molar-refractivity contribution >= 4 is 28.2 Å². The molecule has 3 aliphatic heterocycles. The summed E-state index contributed by atoms with van der Waals surface area (Å²) in [4.78, 5) is 14.5. The summed E-state index contributed by atoms with van der Waals surface area (Å²) in [6.45, 7) is 4.75. The Kier molecular flexibility index (Phi) is 7.35. The second-order valence-corrected chi connectivity index (χ2v) is 10.9. The number of anilines is 1. The topological polar surface area (TPSA) is 86.5 Å². The van der Waals surface area contributed by atoms with Crippen LogP contribution in [-0.4, -0.2) is 66.8 Å². The highest BCUT2D eigenvalue weighted by atomic mass is 35.5. The number of ether oxygens (including phenoxy) is 2. The molecule has 1 unspecified atom stereocenters. The molecular formula is C29H33ClN6O2. The van der Waals surface area contributed by atoms with Crippen LogP contribution in [0.2, 0.25) is 5.02 Å². The molecule has 0 radical (unpaired) electrons. The van der Waals surface area contributed by atoms with E-state index in [1.165, 1.54) is 0 Å². The van der Waals surface area contributed by atoms with Gasteiger partial charge in [-0.25, -0.2) is 0 Å². The normalized spacial score (nSPS) is 22.7. The van der Waals surface area contributed by atoms with Crippen LogP contribution in [-0.2, 0) is 17.8 Å². The molecule has 4 heterocycles. The maximum Gasteiger partial charge on any atom is 0.318 e. The molecule has 0 saturated carbocycles. The fraction of sp³-hybridized carbons (Fsp3) is 0.483. The van der Waals surface area contributed by atoms with Gasteiger partial charge in [-0.3, -0.25) is 0 Å². The van der Waals surface area contributed by atoms with E-state index >= 15 is 0 Å². The summed E-state index contributed by atoms with van der Waals surface area (Å²) in [5, 5.41) is 15.6. The number of benzene rings is 2. The van der Waals surface area contributed by atoms with Crippen LogP contribution in [0, 0.1) is 11.3 Å². The minimum atomic E-state index is -0.167. The SMILES string of the molecule is CN1CCC(Oc2nc3c(c(N4CCN[C@@H](CC#N)C4)n2)COC(c2cccc4cccc(Cl)c24)C3)CC1. The van der Waals surface area contributed by atoms with Crippen LogP contribution >= 0.6 is 11.6 Å². The van der Waals surface area contributed by atoms with Crippen molar-refractivity contribution in [2.75, 3.05) is 44.7 Å². The first kappa shape index (κ1) is 25.3. The van der Waals surface area contributed by atoms with Gasteiger partial charge in [0, 0.05) is 61.2 Å². The Labute approximate surface area is 228 Å². The quantitative estimate of drug-likeness (QED) is 0.521. The van der Waals surface area contributed by atoms with E-state index in [1.807, 2.05) is 12.1 Å². The standard InChI is InChI=1S/C29H33ClN6O2/c1-35-13-9-21(10-14-35)38-29-33-25-16-26(22-6-2-4-19-5-3-7-24(30)27(19)22)37-18-23(25)28(34-29)36-15-12-32-20(17-36)8-11-31/h2-7,20-21,26,32H,8-10,12-18H2,1H3/t20-,26?/m0/s1. The Bertz CT molecular complexity index is 1350. The lowest BCUT2D eigenvalue weighted by Crippen LogP contribution is -2.51. The van der Waals surface area contributed by atoms with Crippen LogP contribution in [0.25, 0.3) is 10.8 Å². The lowest BCUT2D eigenvalue weighted by atomic mass is 9.94. The van der Waals surface area contributed by atoms with E-state index in [-0.39, 0.29) is 18.2 Å². The monoisotopic (exact) mass is 532 g/mol. The number of nitrogens with one attached hydrogen (secondary N) is 1. The summed E-state index contributed by atoms with van der Waals surface area (Å²) >= 11 is 6.65. The first-order valence-electron chi connectivity index (χ1n) is 13.5. The van der Waals surface area contributed by atoms with Gasteiger partial charge in [-0.05, 0) is 36.9 Å². The van der Waals surface area contributed by atoms with Crippen molar-refractivity contribution in [1.29, 1.82) is 5.26 Å². The number of hydrogen-bond donors (Lipinski definition) is 1. The van der Waals surface area contributed by atoms with Gasteiger partial charge in [-0.2, -0.15) is 15.2 Å². The van der Waals surface area contributed by atoms with Crippen molar-refractivity contribution in [3.63, 3.8) is 0 Å². The molecule has 0 bridgehead atoms. The molecular weight excluding hydrogens is 500 g/mol.